The van der Waals surface area contributed by atoms with Crippen molar-refractivity contribution in [2.24, 2.45) is 7.05 Å². The first-order valence-corrected chi connectivity index (χ1v) is 9.49. The van der Waals surface area contributed by atoms with Gasteiger partial charge in [-0.15, -0.1) is 10.2 Å². The second-order valence-corrected chi connectivity index (χ2v) is 7.21. The lowest BCUT2D eigenvalue weighted by atomic mass is 10.2. The van der Waals surface area contributed by atoms with Crippen LogP contribution in [0.25, 0.3) is 16.7 Å². The van der Waals surface area contributed by atoms with Crippen molar-refractivity contribution in [3.63, 3.8) is 0 Å². The van der Waals surface area contributed by atoms with Crippen LogP contribution in [0, 0.1) is 0 Å². The Kier molecular flexibility index (Phi) is 4.17. The molecule has 1 aliphatic rings. The third-order valence-electron chi connectivity index (χ3n) is 5.49. The summed E-state index contributed by atoms with van der Waals surface area (Å²) in [7, 11) is 1.71. The second kappa shape index (κ2) is 6.85. The Balaban J connectivity index is 1.39. The maximum atomic E-state index is 12.6. The number of carbonyl (C=O) groups is 1. The zero-order valence-electron chi connectivity index (χ0n) is 16.0. The number of aromatic nitrogens is 4. The van der Waals surface area contributed by atoms with Gasteiger partial charge in [-0.3, -0.25) is 23.5 Å². The lowest BCUT2D eigenvalue weighted by Crippen LogP contribution is -2.48. The Morgan fingerprint density at radius 2 is 1.90 bits per heavy atom. The summed E-state index contributed by atoms with van der Waals surface area (Å²) in [6.45, 7) is 3.35. The average molecular weight is 392 g/mol. The minimum atomic E-state index is -0.0848. The van der Waals surface area contributed by atoms with Crippen LogP contribution in [0.2, 0.25) is 0 Å². The van der Waals surface area contributed by atoms with Gasteiger partial charge in [0.15, 0.2) is 5.82 Å². The largest absolute Gasteiger partial charge is 0.472 e. The molecule has 1 amide bonds. The number of hydrogen-bond acceptors (Lipinski definition) is 6. The van der Waals surface area contributed by atoms with Crippen LogP contribution in [0.3, 0.4) is 0 Å². The number of nitrogens with zero attached hydrogens (tertiary/aromatic N) is 6. The highest BCUT2D eigenvalue weighted by molar-refractivity contribution is 5.93. The number of fused-ring (bicyclic) bond motifs is 3. The minimum Gasteiger partial charge on any atom is -0.472 e. The van der Waals surface area contributed by atoms with Crippen molar-refractivity contribution in [1.82, 2.24) is 29.0 Å². The van der Waals surface area contributed by atoms with E-state index >= 15 is 0 Å². The van der Waals surface area contributed by atoms with Crippen molar-refractivity contribution in [3.05, 3.63) is 64.6 Å². The highest BCUT2D eigenvalue weighted by Crippen LogP contribution is 2.16. The number of amides is 1. The van der Waals surface area contributed by atoms with Gasteiger partial charge in [-0.1, -0.05) is 12.1 Å². The van der Waals surface area contributed by atoms with Gasteiger partial charge >= 0.3 is 0 Å². The molecule has 1 fully saturated rings. The van der Waals surface area contributed by atoms with E-state index in [1.54, 1.807) is 13.1 Å². The topological polar surface area (TPSA) is 88.9 Å². The van der Waals surface area contributed by atoms with Gasteiger partial charge in [0, 0.05) is 33.2 Å². The van der Waals surface area contributed by atoms with Crippen molar-refractivity contribution >= 4 is 22.6 Å². The van der Waals surface area contributed by atoms with E-state index in [-0.39, 0.29) is 11.5 Å². The van der Waals surface area contributed by atoms with E-state index in [9.17, 15) is 9.59 Å². The number of hydrogen-bond donors (Lipinski definition) is 0. The summed E-state index contributed by atoms with van der Waals surface area (Å²) in [6.07, 6.45) is 2.99. The maximum Gasteiger partial charge on any atom is 0.262 e. The number of furan rings is 1. The molecular formula is C20H20N6O3. The number of benzene rings is 1. The molecule has 5 rings (SSSR count). The van der Waals surface area contributed by atoms with Gasteiger partial charge in [-0.2, -0.15) is 0 Å². The van der Waals surface area contributed by atoms with Gasteiger partial charge in [0.05, 0.1) is 29.3 Å². The number of carbonyl (C=O) groups excluding carboxylic acids is 1. The van der Waals surface area contributed by atoms with E-state index in [1.807, 2.05) is 33.6 Å². The molecule has 1 aromatic carbocycles. The molecule has 148 valence electrons. The third-order valence-corrected chi connectivity index (χ3v) is 5.49. The highest BCUT2D eigenvalue weighted by atomic mass is 16.3. The fraction of sp³-hybridized carbons (Fsp3) is 0.300. The zero-order valence-corrected chi connectivity index (χ0v) is 16.0. The second-order valence-electron chi connectivity index (χ2n) is 7.21. The lowest BCUT2D eigenvalue weighted by Gasteiger charge is -2.34. The van der Waals surface area contributed by atoms with Gasteiger partial charge in [-0.25, -0.2) is 0 Å². The normalized spacial score (nSPS) is 15.4. The molecule has 0 radical (unpaired) electrons. The standard InChI is InChI=1S/C20H20N6O3/c1-23-19(28)15-4-2-3-5-16(15)26-17(21-22-20(23)26)12-24-7-9-25(10-8-24)18(27)14-6-11-29-13-14/h2-6,11,13H,7-10,12H2,1H3. The molecule has 1 aliphatic heterocycles. The van der Waals surface area contributed by atoms with Crippen LogP contribution < -0.4 is 5.56 Å². The smallest absolute Gasteiger partial charge is 0.262 e. The molecule has 0 saturated carbocycles. The average Bonchev–Trinajstić information content (AvgIpc) is 3.43. The Morgan fingerprint density at radius 1 is 1.10 bits per heavy atom. The van der Waals surface area contributed by atoms with E-state index in [0.29, 0.717) is 36.4 Å². The molecule has 0 atom stereocenters. The molecule has 0 unspecified atom stereocenters. The molecule has 0 bridgehead atoms. The quantitative estimate of drug-likeness (QED) is 0.519. The van der Waals surface area contributed by atoms with Crippen LogP contribution >= 0.6 is 0 Å². The van der Waals surface area contributed by atoms with Crippen molar-refractivity contribution in [2.75, 3.05) is 26.2 Å². The first kappa shape index (κ1) is 17.6. The Labute approximate surface area is 165 Å². The van der Waals surface area contributed by atoms with Crippen molar-refractivity contribution in [2.45, 2.75) is 6.54 Å². The van der Waals surface area contributed by atoms with Gasteiger partial charge < -0.3 is 9.32 Å². The van der Waals surface area contributed by atoms with Crippen molar-refractivity contribution in [3.8, 4) is 0 Å². The molecule has 9 nitrogen and oxygen atoms in total. The fourth-order valence-corrected chi connectivity index (χ4v) is 3.87. The van der Waals surface area contributed by atoms with E-state index in [1.165, 1.54) is 17.1 Å². The predicted octanol–water partition coefficient (Wildman–Crippen LogP) is 1.13. The molecule has 0 spiro atoms. The lowest BCUT2D eigenvalue weighted by molar-refractivity contribution is 0.0624. The fourth-order valence-electron chi connectivity index (χ4n) is 3.87. The van der Waals surface area contributed by atoms with E-state index in [4.69, 9.17) is 4.42 Å². The molecule has 3 aromatic heterocycles. The molecule has 29 heavy (non-hydrogen) atoms. The van der Waals surface area contributed by atoms with E-state index < -0.39 is 0 Å². The van der Waals surface area contributed by atoms with E-state index in [2.05, 4.69) is 15.1 Å². The van der Waals surface area contributed by atoms with Crippen LogP contribution in [0.1, 0.15) is 16.2 Å². The van der Waals surface area contributed by atoms with Gasteiger partial charge in [0.25, 0.3) is 11.5 Å². The molecule has 9 heteroatoms. The first-order valence-electron chi connectivity index (χ1n) is 9.49. The van der Waals surface area contributed by atoms with Crippen molar-refractivity contribution in [1.29, 1.82) is 0 Å². The molecular weight excluding hydrogens is 372 g/mol. The summed E-state index contributed by atoms with van der Waals surface area (Å²) >= 11 is 0. The number of rotatable bonds is 3. The summed E-state index contributed by atoms with van der Waals surface area (Å²) in [5, 5.41) is 9.24. The highest BCUT2D eigenvalue weighted by Gasteiger charge is 2.24. The number of para-hydroxylation sites is 1. The summed E-state index contributed by atoms with van der Waals surface area (Å²) in [5.41, 5.74) is 1.30. The monoisotopic (exact) mass is 392 g/mol. The molecule has 0 aliphatic carbocycles. The first-order chi connectivity index (χ1) is 14.1. The number of piperazine rings is 1. The Hall–Kier alpha value is -3.46. The van der Waals surface area contributed by atoms with Gasteiger partial charge in [0.1, 0.15) is 6.26 Å². The molecule has 4 aromatic rings. The Bertz CT molecular complexity index is 1250. The summed E-state index contributed by atoms with van der Waals surface area (Å²) in [6, 6.07) is 9.19. The maximum absolute atomic E-state index is 12.6. The van der Waals surface area contributed by atoms with Gasteiger partial charge in [-0.05, 0) is 18.2 Å². The van der Waals surface area contributed by atoms with Crippen LogP contribution in [0.15, 0.2) is 52.1 Å². The summed E-state index contributed by atoms with van der Waals surface area (Å²) in [5.74, 6) is 1.30. The SMILES string of the molecule is Cn1c(=O)c2ccccc2n2c(CN3CCN(C(=O)c4ccoc4)CC3)nnc12. The predicted molar refractivity (Wildman–Crippen MR) is 106 cm³/mol. The van der Waals surface area contributed by atoms with Crippen LogP contribution in [0.4, 0.5) is 0 Å². The summed E-state index contributed by atoms with van der Waals surface area (Å²) < 4.78 is 8.48. The summed E-state index contributed by atoms with van der Waals surface area (Å²) in [4.78, 5) is 29.1. The zero-order chi connectivity index (χ0) is 20.0. The Morgan fingerprint density at radius 3 is 2.66 bits per heavy atom. The van der Waals surface area contributed by atoms with Crippen LogP contribution in [-0.4, -0.2) is 61.1 Å². The van der Waals surface area contributed by atoms with Crippen LogP contribution in [0.5, 0.6) is 0 Å². The molecule has 1 saturated heterocycles. The third kappa shape index (κ3) is 2.90. The molecule has 0 N–H and O–H groups in total. The van der Waals surface area contributed by atoms with Crippen molar-refractivity contribution < 1.29 is 9.21 Å². The van der Waals surface area contributed by atoms with Crippen LogP contribution in [-0.2, 0) is 13.6 Å². The minimum absolute atomic E-state index is 0.00711. The molecule has 4 heterocycles. The van der Waals surface area contributed by atoms with E-state index in [0.717, 1.165) is 24.4 Å². The number of aryl methyl sites for hydroxylation is 1. The van der Waals surface area contributed by atoms with Gasteiger partial charge in [0.2, 0.25) is 5.78 Å².